The lowest BCUT2D eigenvalue weighted by atomic mass is 9.89. The molecule has 2 amide bonds. The second-order valence-electron chi connectivity index (χ2n) is 7.66. The van der Waals surface area contributed by atoms with Crippen LogP contribution < -0.4 is 0 Å². The zero-order chi connectivity index (χ0) is 17.1. The van der Waals surface area contributed by atoms with Crippen LogP contribution in [0.5, 0.6) is 0 Å². The van der Waals surface area contributed by atoms with Gasteiger partial charge in [-0.2, -0.15) is 0 Å². The summed E-state index contributed by atoms with van der Waals surface area (Å²) in [5, 5.41) is 1.18. The van der Waals surface area contributed by atoms with E-state index in [1.54, 1.807) is 0 Å². The van der Waals surface area contributed by atoms with Crippen LogP contribution in [0.2, 0.25) is 0 Å². The minimum Gasteiger partial charge on any atom is -0.356 e. The lowest BCUT2D eigenvalue weighted by molar-refractivity contribution is -0.161. The molecule has 5 nitrogen and oxygen atoms in total. The van der Waals surface area contributed by atoms with E-state index in [1.165, 1.54) is 23.8 Å². The van der Waals surface area contributed by atoms with Gasteiger partial charge in [0, 0.05) is 29.1 Å². The van der Waals surface area contributed by atoms with Crippen LogP contribution >= 0.6 is 0 Å². The molecule has 1 saturated heterocycles. The molecule has 3 heterocycles. The topological polar surface area (TPSA) is 56.4 Å². The maximum absolute atomic E-state index is 13.2. The van der Waals surface area contributed by atoms with E-state index < -0.39 is 0 Å². The Bertz CT molecular complexity index is 865. The summed E-state index contributed by atoms with van der Waals surface area (Å²) in [6, 6.07) is 8.06. The van der Waals surface area contributed by atoms with Crippen molar-refractivity contribution in [3.8, 4) is 0 Å². The average molecular weight is 337 g/mol. The van der Waals surface area contributed by atoms with Crippen LogP contribution in [0.3, 0.4) is 0 Å². The van der Waals surface area contributed by atoms with E-state index in [-0.39, 0.29) is 36.5 Å². The number of piperazine rings is 1. The fraction of sp³-hybridized carbons (Fsp3) is 0.500. The van der Waals surface area contributed by atoms with Crippen molar-refractivity contribution in [2.24, 2.45) is 0 Å². The molecule has 2 unspecified atom stereocenters. The van der Waals surface area contributed by atoms with E-state index in [1.807, 2.05) is 28.9 Å². The Hall–Kier alpha value is -2.30. The molecule has 2 atom stereocenters. The molecule has 5 heteroatoms. The van der Waals surface area contributed by atoms with Gasteiger partial charge < -0.3 is 14.8 Å². The minimum atomic E-state index is -0.344. The molecule has 0 spiro atoms. The third kappa shape index (κ3) is 2.08. The van der Waals surface area contributed by atoms with E-state index in [4.69, 9.17) is 0 Å². The highest BCUT2D eigenvalue weighted by atomic mass is 16.2. The van der Waals surface area contributed by atoms with Gasteiger partial charge in [-0.1, -0.05) is 31.0 Å². The summed E-state index contributed by atoms with van der Waals surface area (Å²) < 4.78 is 0. The second kappa shape index (κ2) is 5.35. The highest BCUT2D eigenvalue weighted by Crippen LogP contribution is 2.39. The number of carbonyl (C=O) groups excluding carboxylic acids is 2. The quantitative estimate of drug-likeness (QED) is 0.870. The van der Waals surface area contributed by atoms with E-state index in [0.29, 0.717) is 6.42 Å². The van der Waals surface area contributed by atoms with Crippen molar-refractivity contribution in [2.45, 2.75) is 57.2 Å². The zero-order valence-corrected chi connectivity index (χ0v) is 14.5. The average Bonchev–Trinajstić information content (AvgIpc) is 3.26. The van der Waals surface area contributed by atoms with Crippen LogP contribution in [0.4, 0.5) is 0 Å². The SMILES string of the molecule is CC1c2[nH]c3ccccc3c2CC2C(=O)N(C3CCCC3)CC(=O)N21. The van der Waals surface area contributed by atoms with Crippen molar-refractivity contribution in [3.05, 3.63) is 35.5 Å². The molecular weight excluding hydrogens is 314 g/mol. The predicted octanol–water partition coefficient (Wildman–Crippen LogP) is 2.77. The van der Waals surface area contributed by atoms with Gasteiger partial charge in [0.2, 0.25) is 11.8 Å². The van der Waals surface area contributed by atoms with Gasteiger partial charge in [0.05, 0.1) is 6.04 Å². The number of H-pyrrole nitrogens is 1. The number of hydrogen-bond acceptors (Lipinski definition) is 2. The van der Waals surface area contributed by atoms with Crippen LogP contribution in [0.1, 0.15) is 49.9 Å². The number of aromatic nitrogens is 1. The number of hydrogen-bond donors (Lipinski definition) is 1. The fourth-order valence-corrected chi connectivity index (χ4v) is 5.12. The first-order chi connectivity index (χ1) is 12.1. The molecular formula is C20H23N3O2. The van der Waals surface area contributed by atoms with E-state index >= 15 is 0 Å². The Morgan fingerprint density at radius 2 is 1.88 bits per heavy atom. The molecule has 1 aromatic carbocycles. The van der Waals surface area contributed by atoms with Gasteiger partial charge in [-0.05, 0) is 31.4 Å². The van der Waals surface area contributed by atoms with Crippen molar-refractivity contribution >= 4 is 22.7 Å². The maximum Gasteiger partial charge on any atom is 0.246 e. The lowest BCUT2D eigenvalue weighted by Gasteiger charge is -2.47. The maximum atomic E-state index is 13.2. The molecule has 130 valence electrons. The summed E-state index contributed by atoms with van der Waals surface area (Å²) in [4.78, 5) is 33.3. The Labute approximate surface area is 147 Å². The summed E-state index contributed by atoms with van der Waals surface area (Å²) in [7, 11) is 0. The molecule has 1 aromatic heterocycles. The molecule has 0 radical (unpaired) electrons. The molecule has 0 bridgehead atoms. The summed E-state index contributed by atoms with van der Waals surface area (Å²) in [5.41, 5.74) is 3.39. The molecule has 2 aliphatic heterocycles. The summed E-state index contributed by atoms with van der Waals surface area (Å²) in [5.74, 6) is 0.239. The molecule has 5 rings (SSSR count). The number of para-hydroxylation sites is 1. The number of benzene rings is 1. The number of nitrogens with one attached hydrogen (secondary N) is 1. The highest BCUT2D eigenvalue weighted by Gasteiger charge is 2.47. The van der Waals surface area contributed by atoms with Crippen LogP contribution in [-0.4, -0.2) is 45.2 Å². The standard InChI is InChI=1S/C20H23N3O2/c1-12-19-15(14-8-4-5-9-16(14)21-19)10-17-20(25)22(11-18(24)23(12)17)13-6-2-3-7-13/h4-5,8-9,12-13,17,21H,2-3,6-7,10-11H2,1H3. The van der Waals surface area contributed by atoms with E-state index in [9.17, 15) is 9.59 Å². The number of fused-ring (bicyclic) bond motifs is 4. The number of amides is 2. The van der Waals surface area contributed by atoms with Crippen molar-refractivity contribution < 1.29 is 9.59 Å². The van der Waals surface area contributed by atoms with E-state index in [2.05, 4.69) is 17.1 Å². The van der Waals surface area contributed by atoms with Crippen molar-refractivity contribution in [2.75, 3.05) is 6.54 Å². The van der Waals surface area contributed by atoms with E-state index in [0.717, 1.165) is 24.1 Å². The Morgan fingerprint density at radius 1 is 1.12 bits per heavy atom. The second-order valence-corrected chi connectivity index (χ2v) is 7.66. The molecule has 2 aromatic rings. The van der Waals surface area contributed by atoms with Crippen molar-refractivity contribution in [1.82, 2.24) is 14.8 Å². The van der Waals surface area contributed by atoms with Gasteiger partial charge in [0.1, 0.15) is 12.6 Å². The number of nitrogens with zero attached hydrogens (tertiary/aromatic N) is 2. The molecule has 3 aliphatic rings. The van der Waals surface area contributed by atoms with Crippen molar-refractivity contribution in [3.63, 3.8) is 0 Å². The molecule has 1 aliphatic carbocycles. The largest absolute Gasteiger partial charge is 0.356 e. The monoisotopic (exact) mass is 337 g/mol. The number of carbonyl (C=O) groups is 2. The van der Waals surface area contributed by atoms with Gasteiger partial charge in [-0.15, -0.1) is 0 Å². The third-order valence-electron chi connectivity index (χ3n) is 6.34. The molecule has 1 saturated carbocycles. The van der Waals surface area contributed by atoms with Crippen LogP contribution in [0.25, 0.3) is 10.9 Å². The van der Waals surface area contributed by atoms with Gasteiger partial charge in [0.15, 0.2) is 0 Å². The van der Waals surface area contributed by atoms with Crippen LogP contribution in [0.15, 0.2) is 24.3 Å². The van der Waals surface area contributed by atoms with Crippen molar-refractivity contribution in [1.29, 1.82) is 0 Å². The van der Waals surface area contributed by atoms with Crippen LogP contribution in [-0.2, 0) is 16.0 Å². The number of aromatic amines is 1. The molecule has 1 N–H and O–H groups in total. The first-order valence-electron chi connectivity index (χ1n) is 9.36. The zero-order valence-electron chi connectivity index (χ0n) is 14.5. The third-order valence-corrected chi connectivity index (χ3v) is 6.34. The van der Waals surface area contributed by atoms with Crippen LogP contribution in [0, 0.1) is 0 Å². The minimum absolute atomic E-state index is 0.0803. The summed E-state index contributed by atoms with van der Waals surface area (Å²) >= 11 is 0. The Morgan fingerprint density at radius 3 is 2.68 bits per heavy atom. The Balaban J connectivity index is 1.57. The van der Waals surface area contributed by atoms with Gasteiger partial charge >= 0.3 is 0 Å². The smallest absolute Gasteiger partial charge is 0.246 e. The summed E-state index contributed by atoms with van der Waals surface area (Å²) in [6.07, 6.45) is 5.04. The number of rotatable bonds is 1. The van der Waals surface area contributed by atoms with Gasteiger partial charge in [-0.3, -0.25) is 9.59 Å². The molecule has 2 fully saturated rings. The summed E-state index contributed by atoms with van der Waals surface area (Å²) in [6.45, 7) is 2.29. The highest BCUT2D eigenvalue weighted by molar-refractivity contribution is 5.97. The normalized spacial score (nSPS) is 27.1. The first-order valence-corrected chi connectivity index (χ1v) is 9.36. The fourth-order valence-electron chi connectivity index (χ4n) is 5.12. The lowest BCUT2D eigenvalue weighted by Crippen LogP contribution is -2.64. The first kappa shape index (κ1) is 15.0. The van der Waals surface area contributed by atoms with Gasteiger partial charge in [-0.25, -0.2) is 0 Å². The predicted molar refractivity (Wildman–Crippen MR) is 95.0 cm³/mol. The van der Waals surface area contributed by atoms with Gasteiger partial charge in [0.25, 0.3) is 0 Å². The molecule has 25 heavy (non-hydrogen) atoms. The Kier molecular flexibility index (Phi) is 3.21.